The maximum Gasteiger partial charge on any atom is 0.306 e. The molecule has 0 amide bonds. The van der Waals surface area contributed by atoms with Crippen molar-refractivity contribution in [1.82, 2.24) is 0 Å². The summed E-state index contributed by atoms with van der Waals surface area (Å²) in [6.45, 7) is 4.30. The van der Waals surface area contributed by atoms with Crippen LogP contribution in [-0.4, -0.2) is 23.1 Å². The number of carbonyl (C=O) groups is 2. The first-order valence-electron chi connectivity index (χ1n) is 8.01. The van der Waals surface area contributed by atoms with Gasteiger partial charge in [0.15, 0.2) is 0 Å². The Labute approximate surface area is 122 Å². The fraction of sp³-hybridized carbons (Fsp3) is 0.875. The molecule has 0 saturated heterocycles. The largest absolute Gasteiger partial charge is 0.481 e. The molecule has 0 aliphatic rings. The van der Waals surface area contributed by atoms with Crippen LogP contribution in [0.2, 0.25) is 0 Å². The van der Waals surface area contributed by atoms with Gasteiger partial charge in [0.25, 0.3) is 0 Å². The second-order valence-corrected chi connectivity index (χ2v) is 5.35. The van der Waals surface area contributed by atoms with Crippen molar-refractivity contribution >= 4 is 11.9 Å². The Hall–Kier alpha value is -1.06. The van der Waals surface area contributed by atoms with Crippen LogP contribution in [0, 0.1) is 0 Å². The maximum absolute atomic E-state index is 11.7. The quantitative estimate of drug-likeness (QED) is 0.404. The van der Waals surface area contributed by atoms with Gasteiger partial charge >= 0.3 is 11.9 Å². The van der Waals surface area contributed by atoms with E-state index in [1.807, 2.05) is 0 Å². The van der Waals surface area contributed by atoms with Gasteiger partial charge in [-0.15, -0.1) is 0 Å². The third kappa shape index (κ3) is 12.0. The number of carboxylic acid groups (broad SMARTS) is 1. The Kier molecular flexibility index (Phi) is 12.3. The molecule has 0 aliphatic carbocycles. The minimum atomic E-state index is -0.807. The Morgan fingerprint density at radius 2 is 1.50 bits per heavy atom. The zero-order valence-corrected chi connectivity index (χ0v) is 13.0. The fourth-order valence-corrected chi connectivity index (χ4v) is 2.11. The molecular weight excluding hydrogens is 256 g/mol. The van der Waals surface area contributed by atoms with E-state index in [4.69, 9.17) is 9.84 Å². The highest BCUT2D eigenvalue weighted by molar-refractivity contribution is 5.70. The first-order valence-corrected chi connectivity index (χ1v) is 8.01. The van der Waals surface area contributed by atoms with Crippen molar-refractivity contribution in [2.45, 2.75) is 90.6 Å². The van der Waals surface area contributed by atoms with Crippen LogP contribution >= 0.6 is 0 Å². The lowest BCUT2D eigenvalue weighted by atomic mass is 10.1. The van der Waals surface area contributed by atoms with Crippen molar-refractivity contribution in [3.8, 4) is 0 Å². The van der Waals surface area contributed by atoms with E-state index in [2.05, 4.69) is 13.8 Å². The molecule has 118 valence electrons. The SMILES string of the molecule is CCCCCC(CCCC)OC(=O)CCCCC(=O)O. The van der Waals surface area contributed by atoms with E-state index in [1.165, 1.54) is 12.8 Å². The summed E-state index contributed by atoms with van der Waals surface area (Å²) < 4.78 is 5.52. The van der Waals surface area contributed by atoms with E-state index in [9.17, 15) is 9.59 Å². The van der Waals surface area contributed by atoms with Crippen LogP contribution in [0.25, 0.3) is 0 Å². The molecule has 0 heterocycles. The summed E-state index contributed by atoms with van der Waals surface area (Å²) in [5, 5.41) is 8.53. The number of rotatable bonds is 13. The van der Waals surface area contributed by atoms with E-state index in [-0.39, 0.29) is 18.5 Å². The maximum atomic E-state index is 11.7. The molecule has 0 aliphatic heterocycles. The third-order valence-electron chi connectivity index (χ3n) is 3.33. The number of esters is 1. The minimum Gasteiger partial charge on any atom is -0.481 e. The predicted octanol–water partition coefficient (Wildman–Crippen LogP) is 4.31. The zero-order valence-electron chi connectivity index (χ0n) is 13.0. The lowest BCUT2D eigenvalue weighted by Gasteiger charge is -2.17. The highest BCUT2D eigenvalue weighted by atomic mass is 16.5. The second kappa shape index (κ2) is 12.9. The van der Waals surface area contributed by atoms with E-state index < -0.39 is 5.97 Å². The van der Waals surface area contributed by atoms with Crippen LogP contribution in [0.5, 0.6) is 0 Å². The molecule has 0 spiro atoms. The van der Waals surface area contributed by atoms with E-state index >= 15 is 0 Å². The monoisotopic (exact) mass is 286 g/mol. The first kappa shape index (κ1) is 18.9. The molecule has 0 saturated carbocycles. The van der Waals surface area contributed by atoms with Gasteiger partial charge in [0.2, 0.25) is 0 Å². The molecule has 4 nitrogen and oxygen atoms in total. The molecule has 0 aromatic heterocycles. The molecule has 1 N–H and O–H groups in total. The highest BCUT2D eigenvalue weighted by Gasteiger charge is 2.13. The first-order chi connectivity index (χ1) is 9.60. The van der Waals surface area contributed by atoms with Gasteiger partial charge in [-0.2, -0.15) is 0 Å². The third-order valence-corrected chi connectivity index (χ3v) is 3.33. The van der Waals surface area contributed by atoms with E-state index in [1.54, 1.807) is 0 Å². The standard InChI is InChI=1S/C16H30O4/c1-3-5-7-11-14(10-6-4-2)20-16(19)13-9-8-12-15(17)18/h14H,3-13H2,1-2H3,(H,17,18). The smallest absolute Gasteiger partial charge is 0.306 e. The van der Waals surface area contributed by atoms with Crippen molar-refractivity contribution in [2.24, 2.45) is 0 Å². The van der Waals surface area contributed by atoms with Gasteiger partial charge in [0, 0.05) is 12.8 Å². The van der Waals surface area contributed by atoms with Gasteiger partial charge in [0.05, 0.1) is 0 Å². The number of carboxylic acids is 1. The molecule has 1 atom stereocenters. The summed E-state index contributed by atoms with van der Waals surface area (Å²) in [6, 6.07) is 0. The normalized spacial score (nSPS) is 12.1. The molecule has 0 radical (unpaired) electrons. The van der Waals surface area contributed by atoms with Crippen molar-refractivity contribution in [3.63, 3.8) is 0 Å². The van der Waals surface area contributed by atoms with Crippen LogP contribution in [-0.2, 0) is 14.3 Å². The van der Waals surface area contributed by atoms with Gasteiger partial charge in [-0.05, 0) is 32.1 Å². The molecule has 4 heteroatoms. The fourth-order valence-electron chi connectivity index (χ4n) is 2.11. The summed E-state index contributed by atoms with van der Waals surface area (Å²) >= 11 is 0. The molecule has 0 aromatic rings. The average molecular weight is 286 g/mol. The van der Waals surface area contributed by atoms with Gasteiger partial charge in [0.1, 0.15) is 6.10 Å². The molecule has 1 unspecified atom stereocenters. The van der Waals surface area contributed by atoms with Crippen molar-refractivity contribution in [3.05, 3.63) is 0 Å². The molecule has 0 aromatic carbocycles. The number of hydrogen-bond acceptors (Lipinski definition) is 3. The molecule has 0 fully saturated rings. The lowest BCUT2D eigenvalue weighted by Crippen LogP contribution is -2.18. The number of ether oxygens (including phenoxy) is 1. The minimum absolute atomic E-state index is 0.0495. The summed E-state index contributed by atoms with van der Waals surface area (Å²) in [6.07, 6.45) is 9.21. The van der Waals surface area contributed by atoms with Crippen molar-refractivity contribution in [2.75, 3.05) is 0 Å². The number of hydrogen-bond donors (Lipinski definition) is 1. The van der Waals surface area contributed by atoms with E-state index in [0.29, 0.717) is 19.3 Å². The van der Waals surface area contributed by atoms with Crippen LogP contribution in [0.3, 0.4) is 0 Å². The number of unbranched alkanes of at least 4 members (excludes halogenated alkanes) is 4. The second-order valence-electron chi connectivity index (χ2n) is 5.35. The Bertz CT molecular complexity index is 263. The van der Waals surface area contributed by atoms with Gasteiger partial charge < -0.3 is 9.84 Å². The summed E-state index contributed by atoms with van der Waals surface area (Å²) in [5.74, 6) is -0.980. The Morgan fingerprint density at radius 3 is 2.10 bits per heavy atom. The Morgan fingerprint density at radius 1 is 0.900 bits per heavy atom. The Balaban J connectivity index is 3.87. The van der Waals surface area contributed by atoms with Crippen LogP contribution in [0.1, 0.15) is 84.5 Å². The lowest BCUT2D eigenvalue weighted by molar-refractivity contribution is -0.150. The van der Waals surface area contributed by atoms with Crippen LogP contribution in [0.15, 0.2) is 0 Å². The molecule has 20 heavy (non-hydrogen) atoms. The van der Waals surface area contributed by atoms with Crippen molar-refractivity contribution in [1.29, 1.82) is 0 Å². The topological polar surface area (TPSA) is 63.6 Å². The summed E-state index contributed by atoms with van der Waals surface area (Å²) in [5.41, 5.74) is 0. The predicted molar refractivity (Wildman–Crippen MR) is 79.7 cm³/mol. The van der Waals surface area contributed by atoms with E-state index in [0.717, 1.165) is 32.1 Å². The highest BCUT2D eigenvalue weighted by Crippen LogP contribution is 2.15. The average Bonchev–Trinajstić information content (AvgIpc) is 2.40. The van der Waals surface area contributed by atoms with Crippen LogP contribution in [0.4, 0.5) is 0 Å². The number of aliphatic carboxylic acids is 1. The molecule has 0 rings (SSSR count). The zero-order chi connectivity index (χ0) is 15.2. The molecule has 0 bridgehead atoms. The van der Waals surface area contributed by atoms with Crippen LogP contribution < -0.4 is 0 Å². The van der Waals surface area contributed by atoms with Crippen molar-refractivity contribution < 1.29 is 19.4 Å². The summed E-state index contributed by atoms with van der Waals surface area (Å²) in [4.78, 5) is 22.1. The molecular formula is C16H30O4. The summed E-state index contributed by atoms with van der Waals surface area (Å²) in [7, 11) is 0. The van der Waals surface area contributed by atoms with Gasteiger partial charge in [-0.25, -0.2) is 0 Å². The van der Waals surface area contributed by atoms with Gasteiger partial charge in [-0.1, -0.05) is 39.5 Å². The number of carbonyl (C=O) groups excluding carboxylic acids is 1. The van der Waals surface area contributed by atoms with Gasteiger partial charge in [-0.3, -0.25) is 9.59 Å².